The molecule has 112 valence electrons. The van der Waals surface area contributed by atoms with Crippen LogP contribution >= 0.6 is 11.6 Å². The van der Waals surface area contributed by atoms with Gasteiger partial charge < -0.3 is 5.32 Å². The highest BCUT2D eigenvalue weighted by Gasteiger charge is 2.11. The second kappa shape index (κ2) is 7.58. The molecule has 2 aromatic carbocycles. The van der Waals surface area contributed by atoms with E-state index in [0.29, 0.717) is 5.92 Å². The minimum Gasteiger partial charge on any atom is -0.319 e. The fourth-order valence-electron chi connectivity index (χ4n) is 2.68. The van der Waals surface area contributed by atoms with Crippen LogP contribution in [0.2, 0.25) is 5.02 Å². The lowest BCUT2D eigenvalue weighted by Crippen LogP contribution is -2.22. The molecule has 1 N–H and O–H groups in total. The predicted octanol–water partition coefficient (Wildman–Crippen LogP) is 4.41. The number of rotatable bonds is 6. The van der Waals surface area contributed by atoms with Gasteiger partial charge in [-0.3, -0.25) is 0 Å². The van der Waals surface area contributed by atoms with Gasteiger partial charge in [0.15, 0.2) is 0 Å². The van der Waals surface area contributed by atoms with Gasteiger partial charge in [-0.2, -0.15) is 0 Å². The Morgan fingerprint density at radius 2 is 1.81 bits per heavy atom. The van der Waals surface area contributed by atoms with Crippen molar-refractivity contribution in [2.24, 2.45) is 5.92 Å². The summed E-state index contributed by atoms with van der Waals surface area (Å²) < 4.78 is 13.2. The summed E-state index contributed by atoms with van der Waals surface area (Å²) in [4.78, 5) is 0. The maximum Gasteiger partial charge on any atom is 0.141 e. The summed E-state index contributed by atoms with van der Waals surface area (Å²) in [5.41, 5.74) is 3.69. The molecular weight excluding hydrogens is 285 g/mol. The van der Waals surface area contributed by atoms with Gasteiger partial charge in [0.2, 0.25) is 0 Å². The van der Waals surface area contributed by atoms with Crippen molar-refractivity contribution in [2.45, 2.75) is 19.8 Å². The van der Waals surface area contributed by atoms with Crippen molar-refractivity contribution in [2.75, 3.05) is 13.6 Å². The SMILES string of the molecule is CNCC(Cc1cccc(C)c1)Cc1ccc(F)c(Cl)c1. The minimum absolute atomic E-state index is 0.200. The van der Waals surface area contributed by atoms with Gasteiger partial charge in [-0.05, 0) is 62.5 Å². The van der Waals surface area contributed by atoms with Crippen molar-refractivity contribution in [3.05, 3.63) is 70.0 Å². The largest absolute Gasteiger partial charge is 0.319 e. The lowest BCUT2D eigenvalue weighted by molar-refractivity contribution is 0.492. The first-order chi connectivity index (χ1) is 10.1. The smallest absolute Gasteiger partial charge is 0.141 e. The lowest BCUT2D eigenvalue weighted by Gasteiger charge is -2.17. The molecule has 0 heterocycles. The molecule has 0 aliphatic carbocycles. The van der Waals surface area contributed by atoms with Crippen LogP contribution in [0.4, 0.5) is 4.39 Å². The van der Waals surface area contributed by atoms with E-state index in [4.69, 9.17) is 11.6 Å². The molecule has 21 heavy (non-hydrogen) atoms. The number of nitrogens with one attached hydrogen (secondary N) is 1. The van der Waals surface area contributed by atoms with E-state index in [0.717, 1.165) is 24.9 Å². The van der Waals surface area contributed by atoms with Crippen LogP contribution in [0.5, 0.6) is 0 Å². The van der Waals surface area contributed by atoms with Crippen molar-refractivity contribution >= 4 is 11.6 Å². The predicted molar refractivity (Wildman–Crippen MR) is 87.4 cm³/mol. The average molecular weight is 306 g/mol. The normalized spacial score (nSPS) is 12.4. The number of aryl methyl sites for hydroxylation is 1. The summed E-state index contributed by atoms with van der Waals surface area (Å²) in [6.07, 6.45) is 1.88. The molecule has 2 rings (SSSR count). The van der Waals surface area contributed by atoms with E-state index in [1.807, 2.05) is 13.1 Å². The van der Waals surface area contributed by atoms with Gasteiger partial charge in [0.1, 0.15) is 5.82 Å². The van der Waals surface area contributed by atoms with Crippen molar-refractivity contribution in [3.63, 3.8) is 0 Å². The first-order valence-electron chi connectivity index (χ1n) is 7.22. The van der Waals surface area contributed by atoms with E-state index >= 15 is 0 Å². The zero-order valence-corrected chi connectivity index (χ0v) is 13.3. The Morgan fingerprint density at radius 1 is 1.10 bits per heavy atom. The third-order valence-electron chi connectivity index (χ3n) is 3.61. The maximum absolute atomic E-state index is 13.2. The summed E-state index contributed by atoms with van der Waals surface area (Å²) in [6, 6.07) is 13.6. The number of benzene rings is 2. The van der Waals surface area contributed by atoms with Crippen LogP contribution in [-0.2, 0) is 12.8 Å². The molecule has 0 saturated heterocycles. The van der Waals surface area contributed by atoms with Gasteiger partial charge in [0.25, 0.3) is 0 Å². The highest BCUT2D eigenvalue weighted by atomic mass is 35.5. The van der Waals surface area contributed by atoms with Gasteiger partial charge in [0, 0.05) is 0 Å². The van der Waals surface area contributed by atoms with Crippen molar-refractivity contribution < 1.29 is 4.39 Å². The Labute approximate surface area is 131 Å². The fourth-order valence-corrected chi connectivity index (χ4v) is 2.88. The summed E-state index contributed by atoms with van der Waals surface area (Å²) in [5.74, 6) is 0.0996. The van der Waals surface area contributed by atoms with E-state index in [-0.39, 0.29) is 10.8 Å². The highest BCUT2D eigenvalue weighted by Crippen LogP contribution is 2.20. The van der Waals surface area contributed by atoms with Gasteiger partial charge in [-0.1, -0.05) is 47.5 Å². The third-order valence-corrected chi connectivity index (χ3v) is 3.90. The van der Waals surface area contributed by atoms with Crippen molar-refractivity contribution in [1.29, 1.82) is 0 Å². The molecule has 0 fully saturated rings. The molecule has 0 aliphatic heterocycles. The molecule has 1 unspecified atom stereocenters. The van der Waals surface area contributed by atoms with Crippen LogP contribution in [0, 0.1) is 18.7 Å². The maximum atomic E-state index is 13.2. The molecule has 1 atom stereocenters. The molecule has 0 amide bonds. The Balaban J connectivity index is 2.09. The average Bonchev–Trinajstić information content (AvgIpc) is 2.43. The zero-order chi connectivity index (χ0) is 15.2. The summed E-state index contributed by atoms with van der Waals surface area (Å²) >= 11 is 5.86. The fraction of sp³-hybridized carbons (Fsp3) is 0.333. The first kappa shape index (κ1) is 16.0. The van der Waals surface area contributed by atoms with Crippen molar-refractivity contribution in [3.8, 4) is 0 Å². The number of halogens is 2. The van der Waals surface area contributed by atoms with Crippen LogP contribution < -0.4 is 5.32 Å². The molecule has 0 radical (unpaired) electrons. The van der Waals surface area contributed by atoms with Gasteiger partial charge >= 0.3 is 0 Å². The molecule has 0 bridgehead atoms. The van der Waals surface area contributed by atoms with Crippen LogP contribution in [0.3, 0.4) is 0 Å². The van der Waals surface area contributed by atoms with Crippen LogP contribution in [0.25, 0.3) is 0 Å². The highest BCUT2D eigenvalue weighted by molar-refractivity contribution is 6.30. The van der Waals surface area contributed by atoms with E-state index < -0.39 is 0 Å². The molecule has 3 heteroatoms. The van der Waals surface area contributed by atoms with E-state index in [1.165, 1.54) is 17.2 Å². The van der Waals surface area contributed by atoms with Gasteiger partial charge in [-0.25, -0.2) is 4.39 Å². The molecule has 0 aliphatic rings. The van der Waals surface area contributed by atoms with Crippen LogP contribution in [0.1, 0.15) is 16.7 Å². The topological polar surface area (TPSA) is 12.0 Å². The third kappa shape index (κ3) is 4.83. The summed E-state index contributed by atoms with van der Waals surface area (Å²) in [5, 5.41) is 3.44. The molecule has 2 aromatic rings. The zero-order valence-electron chi connectivity index (χ0n) is 12.5. The second-order valence-corrected chi connectivity index (χ2v) is 5.98. The molecule has 0 aromatic heterocycles. The van der Waals surface area contributed by atoms with Gasteiger partial charge in [-0.15, -0.1) is 0 Å². The molecule has 0 spiro atoms. The monoisotopic (exact) mass is 305 g/mol. The lowest BCUT2D eigenvalue weighted by atomic mass is 9.92. The minimum atomic E-state index is -0.357. The van der Waals surface area contributed by atoms with E-state index in [2.05, 4.69) is 36.5 Å². The molecule has 1 nitrogen and oxygen atoms in total. The van der Waals surface area contributed by atoms with Crippen LogP contribution in [-0.4, -0.2) is 13.6 Å². The number of hydrogen-bond acceptors (Lipinski definition) is 1. The second-order valence-electron chi connectivity index (χ2n) is 5.57. The summed E-state index contributed by atoms with van der Waals surface area (Å²) in [6.45, 7) is 3.03. The Hall–Kier alpha value is -1.38. The Kier molecular flexibility index (Phi) is 5.77. The van der Waals surface area contributed by atoms with Crippen molar-refractivity contribution in [1.82, 2.24) is 5.32 Å². The standard InChI is InChI=1S/C18H21ClFN/c1-13-4-3-5-14(8-13)9-16(12-21-2)10-15-6-7-18(20)17(19)11-15/h3-8,11,16,21H,9-10,12H2,1-2H3. The van der Waals surface area contributed by atoms with E-state index in [9.17, 15) is 4.39 Å². The first-order valence-corrected chi connectivity index (χ1v) is 7.60. The Morgan fingerprint density at radius 3 is 2.43 bits per heavy atom. The summed E-state index contributed by atoms with van der Waals surface area (Å²) in [7, 11) is 1.96. The van der Waals surface area contributed by atoms with Crippen LogP contribution in [0.15, 0.2) is 42.5 Å². The van der Waals surface area contributed by atoms with Gasteiger partial charge in [0.05, 0.1) is 5.02 Å². The quantitative estimate of drug-likeness (QED) is 0.833. The molecular formula is C18H21ClFN. The molecule has 0 saturated carbocycles. The Bertz CT molecular complexity index is 598. The van der Waals surface area contributed by atoms with E-state index in [1.54, 1.807) is 6.07 Å². The number of hydrogen-bond donors (Lipinski definition) is 1.